The van der Waals surface area contributed by atoms with Crippen molar-refractivity contribution in [3.05, 3.63) is 217 Å². The first-order valence-corrected chi connectivity index (χ1v) is 43.9. The lowest BCUT2D eigenvalue weighted by Crippen LogP contribution is -2.51. The van der Waals surface area contributed by atoms with Gasteiger partial charge in [-0.2, -0.15) is 0 Å². The molecule has 12 aromatic rings. The van der Waals surface area contributed by atoms with E-state index in [1.807, 2.05) is 164 Å². The Morgan fingerprint density at radius 3 is 0.851 bits per heavy atom. The molecule has 704 valence electrons. The van der Waals surface area contributed by atoms with Crippen LogP contribution in [0.4, 0.5) is 75.6 Å². The van der Waals surface area contributed by atoms with Gasteiger partial charge in [0.05, 0.1) is 45.2 Å². The van der Waals surface area contributed by atoms with Crippen molar-refractivity contribution in [1.29, 1.82) is 0 Å². The number of hydrogen-bond acceptors (Lipinski definition) is 24. The molecule has 6 aromatic carbocycles. The summed E-state index contributed by atoms with van der Waals surface area (Å²) < 4.78 is 32.6. The number of aromatic nitrogens is 9. The van der Waals surface area contributed by atoms with Crippen molar-refractivity contribution >= 4 is 116 Å². The smallest absolute Gasteiger partial charge is 0.410 e. The van der Waals surface area contributed by atoms with Crippen LogP contribution in [0.5, 0.6) is 0 Å². The van der Waals surface area contributed by atoms with Crippen LogP contribution in [0.2, 0.25) is 0 Å². The van der Waals surface area contributed by atoms with E-state index in [2.05, 4.69) is 72.5 Å². The lowest BCUT2D eigenvalue weighted by molar-refractivity contribution is 0.0140. The number of nitrogens with zero attached hydrogens (tertiary/aromatic N) is 16. The lowest BCUT2D eigenvalue weighted by atomic mass is 10.1. The number of amides is 10. The van der Waals surface area contributed by atoms with Crippen LogP contribution in [-0.2, 0) is 23.7 Å². The molecule has 0 unspecified atom stereocenters. The minimum Gasteiger partial charge on any atom is -0.478 e. The summed E-state index contributed by atoms with van der Waals surface area (Å²) in [5.41, 5.74) is 9.11. The highest BCUT2D eigenvalue weighted by atomic mass is 16.6. The highest BCUT2D eigenvalue weighted by Gasteiger charge is 2.31. The molecule has 0 spiro atoms. The summed E-state index contributed by atoms with van der Waals surface area (Å²) in [5, 5.41) is 46.1. The Morgan fingerprint density at radius 1 is 0.328 bits per heavy atom. The average Bonchev–Trinajstić information content (AvgIpc) is 1.59. The molecule has 134 heavy (non-hydrogen) atoms. The van der Waals surface area contributed by atoms with Crippen molar-refractivity contribution in [2.75, 3.05) is 204 Å². The van der Waals surface area contributed by atoms with E-state index in [1.54, 1.807) is 87.5 Å². The molecule has 0 saturated carbocycles. The van der Waals surface area contributed by atoms with Gasteiger partial charge < -0.3 is 106 Å². The number of urea groups is 3. The number of carbonyl (C=O) groups is 8. The Labute approximate surface area is 776 Å². The second-order valence-electron chi connectivity index (χ2n) is 33.6. The number of benzene rings is 6. The van der Waals surface area contributed by atoms with Crippen molar-refractivity contribution < 1.29 is 67.1 Å². The molecule has 12 heterocycles. The van der Waals surface area contributed by atoms with Gasteiger partial charge in [0.1, 0.15) is 27.8 Å². The van der Waals surface area contributed by atoms with Gasteiger partial charge in [0.25, 0.3) is 11.8 Å². The van der Waals surface area contributed by atoms with Crippen LogP contribution in [0.1, 0.15) is 87.5 Å². The van der Waals surface area contributed by atoms with Crippen LogP contribution in [0, 0.1) is 0 Å². The summed E-state index contributed by atoms with van der Waals surface area (Å²) in [6.07, 6.45) is 5.15. The van der Waals surface area contributed by atoms with Gasteiger partial charge in [-0.1, -0.05) is 14.9 Å². The number of carboxylic acids is 1. The average molecular weight is 1830 g/mol. The zero-order chi connectivity index (χ0) is 92.3. The molecule has 0 bridgehead atoms. The van der Waals surface area contributed by atoms with E-state index in [4.69, 9.17) is 43.7 Å². The van der Waals surface area contributed by atoms with Crippen molar-refractivity contribution in [3.8, 4) is 34.2 Å². The molecule has 6 aliphatic rings. The Balaban J connectivity index is 0.000000160. The standard InChI is InChI=1S/C33H38N8O5.C28H30N8O3.C24H22N6O4.C9H18N2O2.2CH4/c1-33(2,3)46-32(44)40-17-15-39(16-18-40)30(42)24-8-12-26(13-9-24)35-31(43)34-25-10-6-23(7-11-25)28-36-29(38-19-21-45-22-20-38)27-5-4-14-41(27)37-28;37-27(35-14-11-29-12-15-35)21-5-9-23(10-6-21)31-28(38)30-22-7-3-20(4-8-22)25-32-26(34-16-18-39-19-17-34)24-2-1-13-36(24)33-25;31-23(32)17-5-9-19(10-6-17)26-24(33)25-18-7-3-16(4-8-18)21-27-22(29-12-14-34-15-13-29)20-2-1-11-30(20)28-21;1-9(2,3)13-8(12)11-6-4-10-5-7-11;;/h4-14H,15-22H2,1-3H3,(H2,34,35,43);1-10,13,29H,11-12,14-19H2,(H2,30,31,38);1-11H,12-15H2,(H,31,32)(H2,25,26,33);10H,4-7H2,1-3H3;2*1H4. The predicted molar refractivity (Wildman–Crippen MR) is 515 cm³/mol. The summed E-state index contributed by atoms with van der Waals surface area (Å²) in [5.74, 6) is 3.25. The third-order valence-corrected chi connectivity index (χ3v) is 21.8. The van der Waals surface area contributed by atoms with E-state index in [9.17, 15) is 38.4 Å². The predicted octanol–water partition coefficient (Wildman–Crippen LogP) is 13.2. The Hall–Kier alpha value is -14.9. The molecule has 6 fully saturated rings. The summed E-state index contributed by atoms with van der Waals surface area (Å²) in [7, 11) is 0. The topological polar surface area (TPSA) is 412 Å². The number of ether oxygens (including phenoxy) is 5. The van der Waals surface area contributed by atoms with Gasteiger partial charge in [0.15, 0.2) is 34.9 Å². The molecule has 9 N–H and O–H groups in total. The van der Waals surface area contributed by atoms with Gasteiger partial charge >= 0.3 is 36.2 Å². The Kier molecular flexibility index (Phi) is 32.4. The maximum atomic E-state index is 13.0. The van der Waals surface area contributed by atoms with E-state index in [1.165, 1.54) is 24.3 Å². The number of nitrogens with one attached hydrogen (secondary N) is 8. The van der Waals surface area contributed by atoms with E-state index >= 15 is 0 Å². The zero-order valence-corrected chi connectivity index (χ0v) is 74.4. The van der Waals surface area contributed by atoms with Gasteiger partial charge in [-0.3, -0.25) is 9.59 Å². The molecule has 38 heteroatoms. The third kappa shape index (κ3) is 25.9. The summed E-state index contributed by atoms with van der Waals surface area (Å²) in [6.45, 7) is 27.6. The van der Waals surface area contributed by atoms with Gasteiger partial charge in [-0.05, 0) is 224 Å². The van der Waals surface area contributed by atoms with Gasteiger partial charge in [-0.25, -0.2) is 57.3 Å². The molecule has 0 aliphatic carbocycles. The van der Waals surface area contributed by atoms with Crippen molar-refractivity contribution in [1.82, 2.24) is 74.0 Å². The second-order valence-corrected chi connectivity index (χ2v) is 33.6. The molecule has 10 amide bonds. The van der Waals surface area contributed by atoms with Gasteiger partial charge in [-0.15, -0.1) is 15.3 Å². The Bertz CT molecular complexity index is 5990. The summed E-state index contributed by atoms with van der Waals surface area (Å²) in [4.78, 5) is 126. The fourth-order valence-corrected chi connectivity index (χ4v) is 15.0. The largest absolute Gasteiger partial charge is 0.478 e. The van der Waals surface area contributed by atoms with Crippen LogP contribution >= 0.6 is 0 Å². The fraction of sp³-hybridized carbons (Fsp3) is 0.354. The first kappa shape index (κ1) is 96.7. The Morgan fingerprint density at radius 2 is 0.575 bits per heavy atom. The highest BCUT2D eigenvalue weighted by Crippen LogP contribution is 2.31. The number of hydrogen-bond donors (Lipinski definition) is 9. The quantitative estimate of drug-likeness (QED) is 0.0460. The maximum Gasteiger partial charge on any atom is 0.410 e. The monoisotopic (exact) mass is 1830 g/mol. The fourth-order valence-electron chi connectivity index (χ4n) is 15.0. The molecular weight excluding hydrogens is 1710 g/mol. The molecule has 38 nitrogen and oxygen atoms in total. The van der Waals surface area contributed by atoms with Crippen LogP contribution in [-0.4, -0.2) is 285 Å². The van der Waals surface area contributed by atoms with Crippen LogP contribution in [0.25, 0.3) is 50.7 Å². The minimum atomic E-state index is -1.02. The summed E-state index contributed by atoms with van der Waals surface area (Å²) in [6, 6.07) is 52.3. The van der Waals surface area contributed by atoms with Crippen molar-refractivity contribution in [2.24, 2.45) is 0 Å². The molecule has 6 aromatic heterocycles. The number of fused-ring (bicyclic) bond motifs is 3. The molecule has 0 radical (unpaired) electrons. The number of carboxylic acid groups (broad SMARTS) is 1. The number of aromatic carboxylic acids is 1. The van der Waals surface area contributed by atoms with E-state index < -0.39 is 23.6 Å². The van der Waals surface area contributed by atoms with E-state index in [0.29, 0.717) is 142 Å². The number of piperazine rings is 3. The second kappa shape index (κ2) is 44.8. The maximum absolute atomic E-state index is 13.0. The van der Waals surface area contributed by atoms with Gasteiger partial charge in [0, 0.05) is 198 Å². The molecule has 18 rings (SSSR count). The van der Waals surface area contributed by atoms with Crippen molar-refractivity contribution in [2.45, 2.75) is 67.6 Å². The minimum absolute atomic E-state index is 0. The van der Waals surface area contributed by atoms with Gasteiger partial charge in [0.2, 0.25) is 0 Å². The van der Waals surface area contributed by atoms with Crippen LogP contribution in [0.3, 0.4) is 0 Å². The molecule has 6 aliphatic heterocycles. The number of carbonyl (C=O) groups excluding carboxylic acids is 7. The summed E-state index contributed by atoms with van der Waals surface area (Å²) >= 11 is 0. The zero-order valence-electron chi connectivity index (χ0n) is 74.4. The number of morpholine rings is 3. The number of anilines is 9. The van der Waals surface area contributed by atoms with E-state index in [0.717, 1.165) is 129 Å². The first-order chi connectivity index (χ1) is 63.8. The molecule has 6 saturated heterocycles. The molecule has 0 atom stereocenters. The normalized spacial score (nSPS) is 15.2. The lowest BCUT2D eigenvalue weighted by Gasteiger charge is -2.35. The van der Waals surface area contributed by atoms with Crippen molar-refractivity contribution in [3.63, 3.8) is 0 Å². The number of rotatable bonds is 15. The van der Waals surface area contributed by atoms with E-state index in [-0.39, 0.29) is 56.0 Å². The third-order valence-electron chi connectivity index (χ3n) is 21.8. The highest BCUT2D eigenvalue weighted by molar-refractivity contribution is 6.03. The first-order valence-electron chi connectivity index (χ1n) is 43.9. The van der Waals surface area contributed by atoms with Crippen LogP contribution < -0.4 is 57.2 Å². The SMILES string of the molecule is C.C.CC(C)(C)OC(=O)N1CCN(C(=O)c2ccc(NC(=O)Nc3ccc(-c4nc(N5CCOCC5)c5cccn5n4)cc3)cc2)CC1.CC(C)(C)OC(=O)N1CCNCC1.O=C(Nc1ccc(C(=O)N2CCNCC2)cc1)Nc1ccc(-c2nc(N3CCOCC3)c3cccn3n2)cc1.O=C(Nc1ccc(C(=O)O)cc1)Nc1ccc(-c2nc(N3CCOCC3)c3cccn3n2)cc1. The molecular formula is C96H116N24O14. The van der Waals surface area contributed by atoms with Crippen LogP contribution in [0.15, 0.2) is 201 Å².